The van der Waals surface area contributed by atoms with Crippen LogP contribution in [-0.4, -0.2) is 37.4 Å². The Balaban J connectivity index is 1.75. The fraction of sp³-hybridized carbons (Fsp3) is 0.917. The molecule has 1 N–H and O–H groups in total. The van der Waals surface area contributed by atoms with E-state index < -0.39 is 0 Å². The van der Waals surface area contributed by atoms with E-state index in [1.807, 2.05) is 13.8 Å². The third kappa shape index (κ3) is 2.55. The number of hydrogen-bond acceptors (Lipinski definition) is 4. The molecule has 16 heavy (non-hydrogen) atoms. The van der Waals surface area contributed by atoms with Crippen molar-refractivity contribution in [2.45, 2.75) is 51.3 Å². The number of rotatable bonds is 5. The summed E-state index contributed by atoms with van der Waals surface area (Å²) in [6.45, 7) is 4.98. The van der Waals surface area contributed by atoms with Gasteiger partial charge in [-0.25, -0.2) is 0 Å². The molecule has 2 fully saturated rings. The van der Waals surface area contributed by atoms with Crippen LogP contribution in [0, 0.1) is 5.92 Å². The molecule has 0 aliphatic carbocycles. The van der Waals surface area contributed by atoms with Crippen molar-refractivity contribution >= 4 is 5.97 Å². The molecule has 0 aromatic carbocycles. The van der Waals surface area contributed by atoms with Gasteiger partial charge in [-0.1, -0.05) is 0 Å². The minimum atomic E-state index is -0.133. The lowest BCUT2D eigenvalue weighted by Crippen LogP contribution is -2.33. The lowest BCUT2D eigenvalue weighted by atomic mass is 9.89. The first-order chi connectivity index (χ1) is 7.70. The first-order valence-corrected chi connectivity index (χ1v) is 6.25. The highest BCUT2D eigenvalue weighted by Crippen LogP contribution is 2.34. The lowest BCUT2D eigenvalue weighted by molar-refractivity contribution is -0.156. The normalized spacial score (nSPS) is 34.0. The van der Waals surface area contributed by atoms with Crippen LogP contribution in [-0.2, 0) is 14.3 Å². The van der Waals surface area contributed by atoms with Gasteiger partial charge in [0.05, 0.1) is 12.5 Å². The quantitative estimate of drug-likeness (QED) is 0.714. The molecule has 2 bridgehead atoms. The van der Waals surface area contributed by atoms with Crippen LogP contribution >= 0.6 is 0 Å². The molecule has 4 atom stereocenters. The molecule has 4 unspecified atom stereocenters. The third-order valence-electron chi connectivity index (χ3n) is 3.48. The Labute approximate surface area is 96.7 Å². The van der Waals surface area contributed by atoms with Crippen LogP contribution in [0.4, 0.5) is 0 Å². The number of nitrogens with one attached hydrogen (secondary N) is 1. The summed E-state index contributed by atoms with van der Waals surface area (Å²) in [4.78, 5) is 11.9. The van der Waals surface area contributed by atoms with Gasteiger partial charge >= 0.3 is 5.97 Å². The van der Waals surface area contributed by atoms with Crippen LogP contribution in [0.2, 0.25) is 0 Å². The van der Waals surface area contributed by atoms with Crippen LogP contribution in [0.3, 0.4) is 0 Å². The molecule has 0 spiro atoms. The maximum Gasteiger partial charge on any atom is 0.310 e. The van der Waals surface area contributed by atoms with E-state index in [2.05, 4.69) is 5.32 Å². The van der Waals surface area contributed by atoms with Gasteiger partial charge in [-0.15, -0.1) is 0 Å². The Bertz CT molecular complexity index is 257. The molecule has 2 heterocycles. The summed E-state index contributed by atoms with van der Waals surface area (Å²) in [7, 11) is 0. The topological polar surface area (TPSA) is 47.6 Å². The zero-order valence-corrected chi connectivity index (χ0v) is 10.1. The van der Waals surface area contributed by atoms with Gasteiger partial charge in [0.1, 0.15) is 6.10 Å². The number of carbonyl (C=O) groups is 1. The first-order valence-electron chi connectivity index (χ1n) is 6.25. The van der Waals surface area contributed by atoms with E-state index >= 15 is 0 Å². The van der Waals surface area contributed by atoms with Crippen molar-refractivity contribution < 1.29 is 14.3 Å². The number of carbonyl (C=O) groups excluding carboxylic acids is 1. The predicted octanol–water partition coefficient (Wildman–Crippen LogP) is 1.10. The second kappa shape index (κ2) is 5.15. The molecular formula is C12H21NO3. The molecule has 4 nitrogen and oxygen atoms in total. The molecular weight excluding hydrogens is 206 g/mol. The summed E-state index contributed by atoms with van der Waals surface area (Å²) < 4.78 is 10.6. The average molecular weight is 227 g/mol. The summed E-state index contributed by atoms with van der Waals surface area (Å²) in [6.07, 6.45) is 3.14. The standard InChI is InChI=1S/C12H21NO3/c1-3-15-7-8(2)16-12(14)10-6-9-4-5-11(10)13-9/h8-11,13H,3-7H2,1-2H3. The Kier molecular flexibility index (Phi) is 3.82. The van der Waals surface area contributed by atoms with Crippen LogP contribution in [0.25, 0.3) is 0 Å². The van der Waals surface area contributed by atoms with E-state index in [4.69, 9.17) is 9.47 Å². The molecule has 2 rings (SSSR count). The summed E-state index contributed by atoms with van der Waals surface area (Å²) in [6, 6.07) is 0.904. The molecule has 0 aromatic heterocycles. The minimum absolute atomic E-state index is 0.0492. The SMILES string of the molecule is CCOCC(C)OC(=O)C1CC2CCC1N2. The van der Waals surface area contributed by atoms with Crippen molar-refractivity contribution in [3.05, 3.63) is 0 Å². The molecule has 92 valence electrons. The van der Waals surface area contributed by atoms with E-state index in [0.29, 0.717) is 25.3 Å². The van der Waals surface area contributed by atoms with Crippen LogP contribution in [0.15, 0.2) is 0 Å². The Hall–Kier alpha value is -0.610. The third-order valence-corrected chi connectivity index (χ3v) is 3.48. The first kappa shape index (κ1) is 11.9. The molecule has 0 aromatic rings. The van der Waals surface area contributed by atoms with E-state index in [-0.39, 0.29) is 18.0 Å². The van der Waals surface area contributed by atoms with E-state index in [1.54, 1.807) is 0 Å². The van der Waals surface area contributed by atoms with Gasteiger partial charge in [0.15, 0.2) is 0 Å². The highest BCUT2D eigenvalue weighted by atomic mass is 16.6. The highest BCUT2D eigenvalue weighted by molar-refractivity contribution is 5.74. The summed E-state index contributed by atoms with van der Waals surface area (Å²) in [5.41, 5.74) is 0. The summed E-state index contributed by atoms with van der Waals surface area (Å²) in [5.74, 6) is 0.0229. The molecule has 0 amide bonds. The Morgan fingerprint density at radius 1 is 1.50 bits per heavy atom. The van der Waals surface area contributed by atoms with Gasteiger partial charge in [-0.05, 0) is 33.1 Å². The zero-order chi connectivity index (χ0) is 11.5. The maximum absolute atomic E-state index is 11.9. The van der Waals surface area contributed by atoms with E-state index in [9.17, 15) is 4.79 Å². The second-order valence-corrected chi connectivity index (χ2v) is 4.80. The van der Waals surface area contributed by atoms with Gasteiger partial charge in [0, 0.05) is 18.7 Å². The molecule has 0 radical (unpaired) electrons. The maximum atomic E-state index is 11.9. The Morgan fingerprint density at radius 2 is 2.31 bits per heavy atom. The number of fused-ring (bicyclic) bond motifs is 2. The van der Waals surface area contributed by atoms with Gasteiger partial charge in [0.25, 0.3) is 0 Å². The number of hydrogen-bond donors (Lipinski definition) is 1. The molecule has 2 saturated heterocycles. The van der Waals surface area contributed by atoms with Crippen LogP contribution in [0.5, 0.6) is 0 Å². The molecule has 0 saturated carbocycles. The lowest BCUT2D eigenvalue weighted by Gasteiger charge is -2.21. The van der Waals surface area contributed by atoms with E-state index in [1.165, 1.54) is 6.42 Å². The number of esters is 1. The van der Waals surface area contributed by atoms with Crippen LogP contribution in [0.1, 0.15) is 33.1 Å². The zero-order valence-electron chi connectivity index (χ0n) is 10.1. The van der Waals surface area contributed by atoms with Gasteiger partial charge < -0.3 is 14.8 Å². The van der Waals surface area contributed by atoms with Crippen molar-refractivity contribution in [2.75, 3.05) is 13.2 Å². The largest absolute Gasteiger partial charge is 0.460 e. The van der Waals surface area contributed by atoms with Crippen molar-refractivity contribution in [1.29, 1.82) is 0 Å². The number of ether oxygens (including phenoxy) is 2. The summed E-state index contributed by atoms with van der Waals surface area (Å²) >= 11 is 0. The van der Waals surface area contributed by atoms with Gasteiger partial charge in [-0.2, -0.15) is 0 Å². The monoisotopic (exact) mass is 227 g/mol. The van der Waals surface area contributed by atoms with Crippen molar-refractivity contribution in [3.63, 3.8) is 0 Å². The minimum Gasteiger partial charge on any atom is -0.460 e. The predicted molar refractivity (Wildman–Crippen MR) is 60.1 cm³/mol. The van der Waals surface area contributed by atoms with Crippen molar-refractivity contribution in [2.24, 2.45) is 5.92 Å². The van der Waals surface area contributed by atoms with Crippen LogP contribution < -0.4 is 5.32 Å². The van der Waals surface area contributed by atoms with Gasteiger partial charge in [0.2, 0.25) is 0 Å². The molecule has 2 aliphatic heterocycles. The molecule has 4 heteroatoms. The fourth-order valence-electron chi connectivity index (χ4n) is 2.69. The average Bonchev–Trinajstić information content (AvgIpc) is 2.87. The second-order valence-electron chi connectivity index (χ2n) is 4.80. The summed E-state index contributed by atoms with van der Waals surface area (Å²) in [5, 5.41) is 3.44. The smallest absolute Gasteiger partial charge is 0.310 e. The molecule has 2 aliphatic rings. The highest BCUT2D eigenvalue weighted by Gasteiger charge is 2.43. The fourth-order valence-corrected chi connectivity index (χ4v) is 2.69. The van der Waals surface area contributed by atoms with Gasteiger partial charge in [-0.3, -0.25) is 4.79 Å². The van der Waals surface area contributed by atoms with Crippen molar-refractivity contribution in [1.82, 2.24) is 5.32 Å². The Morgan fingerprint density at radius 3 is 2.88 bits per heavy atom. The van der Waals surface area contributed by atoms with E-state index in [0.717, 1.165) is 12.8 Å². The van der Waals surface area contributed by atoms with Crippen molar-refractivity contribution in [3.8, 4) is 0 Å².